The first kappa shape index (κ1) is 23.2. The molecular weight excluding hydrogens is 430 g/mol. The highest BCUT2D eigenvalue weighted by molar-refractivity contribution is 5.87. The van der Waals surface area contributed by atoms with Crippen molar-refractivity contribution in [1.82, 2.24) is 4.98 Å². The van der Waals surface area contributed by atoms with Crippen molar-refractivity contribution in [3.05, 3.63) is 107 Å². The van der Waals surface area contributed by atoms with Gasteiger partial charge in [0.2, 0.25) is 0 Å². The van der Waals surface area contributed by atoms with E-state index in [2.05, 4.69) is 16.8 Å². The average Bonchev–Trinajstić information content (AvgIpc) is 2.87. The second-order valence-electron chi connectivity index (χ2n) is 7.86. The quantitative estimate of drug-likeness (QED) is 0.330. The molecule has 3 aromatic rings. The molecule has 0 amide bonds. The van der Waals surface area contributed by atoms with Gasteiger partial charge in [-0.15, -0.1) is 0 Å². The van der Waals surface area contributed by atoms with Gasteiger partial charge in [0.15, 0.2) is 5.60 Å². The van der Waals surface area contributed by atoms with Crippen molar-refractivity contribution in [2.45, 2.75) is 25.2 Å². The highest BCUT2D eigenvalue weighted by Gasteiger charge is 2.32. The smallest absolute Gasteiger partial charge is 0.356 e. The molecule has 172 valence electrons. The van der Waals surface area contributed by atoms with Crippen LogP contribution in [0.2, 0.25) is 0 Å². The lowest BCUT2D eigenvalue weighted by Crippen LogP contribution is -2.32. The normalized spacial score (nSPS) is 16.5. The first-order valence-corrected chi connectivity index (χ1v) is 10.9. The molecule has 1 atom stereocenters. The molecule has 1 aliphatic rings. The zero-order valence-corrected chi connectivity index (χ0v) is 18.9. The Balaban J connectivity index is 1.53. The van der Waals surface area contributed by atoms with Crippen LogP contribution in [0.3, 0.4) is 0 Å². The van der Waals surface area contributed by atoms with E-state index in [0.29, 0.717) is 18.1 Å². The average molecular weight is 456 g/mol. The van der Waals surface area contributed by atoms with Crippen molar-refractivity contribution in [2.24, 2.45) is 0 Å². The van der Waals surface area contributed by atoms with Crippen LogP contribution in [0.15, 0.2) is 78.9 Å². The molecule has 6 heteroatoms. The predicted molar refractivity (Wildman–Crippen MR) is 127 cm³/mol. The van der Waals surface area contributed by atoms with Crippen LogP contribution in [-0.2, 0) is 33.8 Å². The molecule has 34 heavy (non-hydrogen) atoms. The molecule has 0 aliphatic heterocycles. The number of fused-ring (bicyclic) bond motifs is 1. The molecule has 1 aromatic heterocycles. The Bertz CT molecular complexity index is 1230. The van der Waals surface area contributed by atoms with Crippen molar-refractivity contribution >= 4 is 11.7 Å². The van der Waals surface area contributed by atoms with E-state index in [9.17, 15) is 9.90 Å². The number of hydrogen-bond acceptors (Lipinski definition) is 6. The summed E-state index contributed by atoms with van der Waals surface area (Å²) in [7, 11) is 1.31. The van der Waals surface area contributed by atoms with E-state index in [1.165, 1.54) is 7.11 Å². The van der Waals surface area contributed by atoms with Gasteiger partial charge in [-0.3, -0.25) is 0 Å². The van der Waals surface area contributed by atoms with E-state index < -0.39 is 11.6 Å². The number of rotatable bonds is 7. The van der Waals surface area contributed by atoms with Gasteiger partial charge >= 0.3 is 5.97 Å². The standard InChI is InChI=1S/C28H25NO5/c1-32-27(30)24-14-13-23-17-28(31,15-8-16-33-19-21-9-4-2-5-10-21)18-25(26(23)29-24)34-20-22-11-6-3-7-12-22/h2-7,9-14,18,31H,16-17,19-20H2,1H3. The Morgan fingerprint density at radius 3 is 2.35 bits per heavy atom. The Morgan fingerprint density at radius 1 is 1.00 bits per heavy atom. The lowest BCUT2D eigenvalue weighted by molar-refractivity contribution is 0.0593. The zero-order valence-electron chi connectivity index (χ0n) is 18.9. The first-order valence-electron chi connectivity index (χ1n) is 10.9. The van der Waals surface area contributed by atoms with Gasteiger partial charge in [-0.05, 0) is 22.8 Å². The van der Waals surface area contributed by atoms with E-state index in [0.717, 1.165) is 16.7 Å². The first-order chi connectivity index (χ1) is 16.6. The maximum absolute atomic E-state index is 12.0. The molecule has 1 heterocycles. The van der Waals surface area contributed by atoms with Crippen LogP contribution in [0.25, 0.3) is 5.76 Å². The van der Waals surface area contributed by atoms with Crippen molar-refractivity contribution in [1.29, 1.82) is 0 Å². The molecule has 0 spiro atoms. The number of aromatic nitrogens is 1. The van der Waals surface area contributed by atoms with Gasteiger partial charge < -0.3 is 19.3 Å². The summed E-state index contributed by atoms with van der Waals surface area (Å²) < 4.78 is 16.4. The molecule has 1 N–H and O–H groups in total. The largest absolute Gasteiger partial charge is 0.487 e. The van der Waals surface area contributed by atoms with Gasteiger partial charge in [-0.2, -0.15) is 0 Å². The van der Waals surface area contributed by atoms with E-state index >= 15 is 0 Å². The number of aliphatic hydroxyl groups is 1. The minimum Gasteiger partial charge on any atom is -0.487 e. The Morgan fingerprint density at radius 2 is 1.68 bits per heavy atom. The van der Waals surface area contributed by atoms with Gasteiger partial charge in [0.05, 0.1) is 13.7 Å². The molecule has 0 saturated carbocycles. The third kappa shape index (κ3) is 5.90. The summed E-state index contributed by atoms with van der Waals surface area (Å²) in [5.74, 6) is 5.64. The van der Waals surface area contributed by atoms with Gasteiger partial charge in [0, 0.05) is 12.5 Å². The van der Waals surface area contributed by atoms with Gasteiger partial charge in [0.25, 0.3) is 0 Å². The fourth-order valence-electron chi connectivity index (χ4n) is 3.60. The van der Waals surface area contributed by atoms with Gasteiger partial charge in [0.1, 0.15) is 30.4 Å². The van der Waals surface area contributed by atoms with Crippen LogP contribution >= 0.6 is 0 Å². The Labute approximate surface area is 198 Å². The van der Waals surface area contributed by atoms with Crippen LogP contribution in [0.5, 0.6) is 0 Å². The summed E-state index contributed by atoms with van der Waals surface area (Å²) in [5.41, 5.74) is 1.94. The fourth-order valence-corrected chi connectivity index (χ4v) is 3.60. The highest BCUT2D eigenvalue weighted by Crippen LogP contribution is 2.32. The molecule has 0 bridgehead atoms. The maximum atomic E-state index is 12.0. The number of methoxy groups -OCH3 is 1. The number of nitrogens with zero attached hydrogens (tertiary/aromatic N) is 1. The Hall–Kier alpha value is -3.92. The summed E-state index contributed by atoms with van der Waals surface area (Å²) in [6.45, 7) is 0.899. The SMILES string of the molecule is COC(=O)c1ccc2c(n1)C(OCc1ccccc1)=CC(O)(C#CCOCc1ccccc1)C2. The van der Waals surface area contributed by atoms with Crippen molar-refractivity contribution in [3.8, 4) is 11.8 Å². The summed E-state index contributed by atoms with van der Waals surface area (Å²) in [5, 5.41) is 11.2. The monoisotopic (exact) mass is 455 g/mol. The molecule has 0 saturated heterocycles. The molecule has 4 rings (SSSR count). The predicted octanol–water partition coefficient (Wildman–Crippen LogP) is 3.93. The van der Waals surface area contributed by atoms with E-state index in [1.54, 1.807) is 18.2 Å². The summed E-state index contributed by atoms with van der Waals surface area (Å²) in [4.78, 5) is 16.4. The number of benzene rings is 2. The maximum Gasteiger partial charge on any atom is 0.356 e. The van der Waals surface area contributed by atoms with Crippen molar-refractivity contribution in [3.63, 3.8) is 0 Å². The number of ether oxygens (including phenoxy) is 3. The molecule has 2 aromatic carbocycles. The van der Waals surface area contributed by atoms with E-state index in [4.69, 9.17) is 14.2 Å². The molecule has 0 fully saturated rings. The topological polar surface area (TPSA) is 77.9 Å². The van der Waals surface area contributed by atoms with Crippen molar-refractivity contribution < 1.29 is 24.1 Å². The number of carbonyl (C=O) groups excluding carboxylic acids is 1. The molecule has 1 aliphatic carbocycles. The minimum absolute atomic E-state index is 0.168. The van der Waals surface area contributed by atoms with E-state index in [-0.39, 0.29) is 25.3 Å². The number of esters is 1. The second-order valence-corrected chi connectivity index (χ2v) is 7.86. The Kier molecular flexibility index (Phi) is 7.38. The van der Waals surface area contributed by atoms with Crippen LogP contribution in [0.1, 0.15) is 32.9 Å². The summed E-state index contributed by atoms with van der Waals surface area (Å²) in [6.07, 6.45) is 1.76. The second kappa shape index (κ2) is 10.8. The number of carbonyl (C=O) groups is 1. The van der Waals surface area contributed by atoms with Crippen LogP contribution in [-0.4, -0.2) is 35.4 Å². The van der Waals surface area contributed by atoms with Gasteiger partial charge in [-0.25, -0.2) is 9.78 Å². The molecular formula is C28H25NO5. The van der Waals surface area contributed by atoms with Crippen LogP contribution in [0.4, 0.5) is 0 Å². The lowest BCUT2D eigenvalue weighted by atomic mass is 9.87. The number of pyridine rings is 1. The molecule has 1 unspecified atom stereocenters. The minimum atomic E-state index is -1.45. The molecule has 6 nitrogen and oxygen atoms in total. The fraction of sp³-hybridized carbons (Fsp3) is 0.214. The third-order valence-electron chi connectivity index (χ3n) is 5.26. The van der Waals surface area contributed by atoms with E-state index in [1.807, 2.05) is 60.7 Å². The number of hydrogen-bond donors (Lipinski definition) is 1. The molecule has 0 radical (unpaired) electrons. The lowest BCUT2D eigenvalue weighted by Gasteiger charge is -2.27. The third-order valence-corrected chi connectivity index (χ3v) is 5.26. The van der Waals surface area contributed by atoms with Crippen LogP contribution in [0, 0.1) is 11.8 Å². The zero-order chi connectivity index (χ0) is 23.8. The van der Waals surface area contributed by atoms with Crippen LogP contribution < -0.4 is 0 Å². The van der Waals surface area contributed by atoms with Crippen molar-refractivity contribution in [2.75, 3.05) is 13.7 Å². The summed E-state index contributed by atoms with van der Waals surface area (Å²) >= 11 is 0. The summed E-state index contributed by atoms with van der Waals surface area (Å²) in [6, 6.07) is 22.8. The highest BCUT2D eigenvalue weighted by atomic mass is 16.5. The van der Waals surface area contributed by atoms with Gasteiger partial charge in [-0.1, -0.05) is 78.6 Å².